The zero-order valence-corrected chi connectivity index (χ0v) is 14.5. The Morgan fingerprint density at radius 1 is 1.46 bits per heavy atom. The first-order valence-corrected chi connectivity index (χ1v) is 9.02. The highest BCUT2D eigenvalue weighted by molar-refractivity contribution is 7.99. The number of rotatable bonds is 6. The second-order valence-corrected chi connectivity index (χ2v) is 6.94. The van der Waals surface area contributed by atoms with Crippen molar-refractivity contribution in [3.63, 3.8) is 0 Å². The number of aromatic amines is 1. The number of thiophene rings is 1. The molecule has 0 radical (unpaired) electrons. The van der Waals surface area contributed by atoms with Crippen LogP contribution in [0.2, 0.25) is 0 Å². The molecule has 0 unspecified atom stereocenters. The minimum atomic E-state index is -0.373. The lowest BCUT2D eigenvalue weighted by molar-refractivity contribution is -0.117. The molecule has 24 heavy (non-hydrogen) atoms. The van der Waals surface area contributed by atoms with Gasteiger partial charge in [0.2, 0.25) is 5.91 Å². The molecule has 0 fully saturated rings. The van der Waals surface area contributed by atoms with Crippen LogP contribution in [0.4, 0.5) is 0 Å². The first-order valence-electron chi connectivity index (χ1n) is 7.15. The Morgan fingerprint density at radius 2 is 2.29 bits per heavy atom. The summed E-state index contributed by atoms with van der Waals surface area (Å²) in [5.74, 6) is 0.843. The summed E-state index contributed by atoms with van der Waals surface area (Å²) in [6.45, 7) is 0. The van der Waals surface area contributed by atoms with Crippen LogP contribution in [0.15, 0.2) is 39.6 Å². The molecule has 3 aromatic rings. The summed E-state index contributed by atoms with van der Waals surface area (Å²) >= 11 is 2.72. The number of benzene rings is 1. The van der Waals surface area contributed by atoms with Crippen LogP contribution in [0.25, 0.3) is 21.3 Å². The largest absolute Gasteiger partial charge is 0.497 e. The predicted octanol–water partition coefficient (Wildman–Crippen LogP) is 2.63. The number of ether oxygens (including phenoxy) is 1. The standard InChI is InChI=1S/C16H15N3O3S2/c1-22-10-4-2-3-9(7-10)11-8-24-15-13(11)14(21)18-16(19-15)23-6-5-12(17)20/h2-4,7-8H,5-6H2,1H3,(H2,17,20)(H,18,19,21). The maximum Gasteiger partial charge on any atom is 0.260 e. The van der Waals surface area contributed by atoms with Crippen molar-refractivity contribution in [1.82, 2.24) is 9.97 Å². The molecule has 0 aliphatic heterocycles. The van der Waals surface area contributed by atoms with E-state index in [1.54, 1.807) is 7.11 Å². The van der Waals surface area contributed by atoms with Gasteiger partial charge in [0.25, 0.3) is 5.56 Å². The van der Waals surface area contributed by atoms with Crippen LogP contribution in [0.5, 0.6) is 5.75 Å². The fourth-order valence-corrected chi connectivity index (χ4v) is 4.07. The van der Waals surface area contributed by atoms with Crippen LogP contribution in [-0.4, -0.2) is 28.7 Å². The van der Waals surface area contributed by atoms with Crippen LogP contribution in [-0.2, 0) is 4.79 Å². The molecule has 2 heterocycles. The van der Waals surface area contributed by atoms with Gasteiger partial charge >= 0.3 is 0 Å². The van der Waals surface area contributed by atoms with E-state index in [0.717, 1.165) is 16.9 Å². The van der Waals surface area contributed by atoms with Crippen molar-refractivity contribution in [2.45, 2.75) is 11.6 Å². The first kappa shape index (κ1) is 16.5. The quantitative estimate of drug-likeness (QED) is 0.519. The number of amides is 1. The smallest absolute Gasteiger partial charge is 0.260 e. The van der Waals surface area contributed by atoms with Gasteiger partial charge in [0, 0.05) is 23.1 Å². The molecule has 0 aliphatic carbocycles. The van der Waals surface area contributed by atoms with Gasteiger partial charge in [-0.3, -0.25) is 9.59 Å². The number of H-pyrrole nitrogens is 1. The summed E-state index contributed by atoms with van der Waals surface area (Å²) < 4.78 is 5.24. The van der Waals surface area contributed by atoms with Crippen molar-refractivity contribution >= 4 is 39.2 Å². The average molecular weight is 361 g/mol. The molecular formula is C16H15N3O3S2. The molecule has 0 saturated heterocycles. The Kier molecular flexibility index (Phi) is 4.86. The third kappa shape index (κ3) is 3.44. The zero-order chi connectivity index (χ0) is 17.1. The van der Waals surface area contributed by atoms with Gasteiger partial charge in [0.05, 0.1) is 12.5 Å². The summed E-state index contributed by atoms with van der Waals surface area (Å²) in [5, 5.41) is 2.97. The summed E-state index contributed by atoms with van der Waals surface area (Å²) in [7, 11) is 1.61. The number of thioether (sulfide) groups is 1. The Labute approximate surface area is 146 Å². The van der Waals surface area contributed by atoms with Gasteiger partial charge in [-0.2, -0.15) is 0 Å². The van der Waals surface area contributed by atoms with E-state index in [0.29, 0.717) is 21.1 Å². The lowest BCUT2D eigenvalue weighted by Crippen LogP contribution is -2.12. The van der Waals surface area contributed by atoms with Gasteiger partial charge in [-0.05, 0) is 17.7 Å². The van der Waals surface area contributed by atoms with Gasteiger partial charge in [-0.1, -0.05) is 23.9 Å². The summed E-state index contributed by atoms with van der Waals surface area (Å²) in [4.78, 5) is 31.2. The Morgan fingerprint density at radius 3 is 3.04 bits per heavy atom. The number of primary amides is 1. The predicted molar refractivity (Wildman–Crippen MR) is 96.8 cm³/mol. The van der Waals surface area contributed by atoms with Crippen molar-refractivity contribution in [2.24, 2.45) is 5.73 Å². The van der Waals surface area contributed by atoms with Crippen molar-refractivity contribution in [3.8, 4) is 16.9 Å². The molecule has 0 atom stereocenters. The number of hydrogen-bond donors (Lipinski definition) is 2. The van der Waals surface area contributed by atoms with Crippen molar-refractivity contribution < 1.29 is 9.53 Å². The van der Waals surface area contributed by atoms with E-state index in [9.17, 15) is 9.59 Å². The average Bonchev–Trinajstić information content (AvgIpc) is 2.99. The van der Waals surface area contributed by atoms with E-state index in [1.807, 2.05) is 29.6 Å². The molecule has 124 valence electrons. The molecule has 0 spiro atoms. The van der Waals surface area contributed by atoms with Crippen molar-refractivity contribution in [3.05, 3.63) is 40.0 Å². The number of carbonyl (C=O) groups is 1. The topological polar surface area (TPSA) is 98.1 Å². The second-order valence-electron chi connectivity index (χ2n) is 5.00. The minimum Gasteiger partial charge on any atom is -0.497 e. The molecule has 0 aliphatic rings. The molecular weight excluding hydrogens is 346 g/mol. The lowest BCUT2D eigenvalue weighted by atomic mass is 10.1. The van der Waals surface area contributed by atoms with Crippen molar-refractivity contribution in [1.29, 1.82) is 0 Å². The summed E-state index contributed by atoms with van der Waals surface area (Å²) in [6, 6.07) is 7.55. The van der Waals surface area contributed by atoms with Crippen LogP contribution < -0.4 is 16.0 Å². The SMILES string of the molecule is COc1cccc(-c2csc3nc(SCCC(N)=O)[nH]c(=O)c23)c1. The zero-order valence-electron chi connectivity index (χ0n) is 12.9. The Balaban J connectivity index is 1.97. The number of nitrogens with two attached hydrogens (primary N) is 1. The Bertz CT molecular complexity index is 949. The number of fused-ring (bicyclic) bond motifs is 1. The van der Waals surface area contributed by atoms with Gasteiger partial charge in [0.1, 0.15) is 10.6 Å². The van der Waals surface area contributed by atoms with E-state index >= 15 is 0 Å². The van der Waals surface area contributed by atoms with E-state index < -0.39 is 0 Å². The number of hydrogen-bond acceptors (Lipinski definition) is 6. The third-order valence-electron chi connectivity index (χ3n) is 3.39. The molecule has 0 bridgehead atoms. The van der Waals surface area contributed by atoms with Crippen LogP contribution in [0.1, 0.15) is 6.42 Å². The number of carbonyl (C=O) groups excluding carboxylic acids is 1. The van der Waals surface area contributed by atoms with Crippen LogP contribution in [0, 0.1) is 0 Å². The fourth-order valence-electron chi connectivity index (χ4n) is 2.25. The molecule has 1 amide bonds. The number of nitrogens with zero attached hydrogens (tertiary/aromatic N) is 1. The molecule has 3 N–H and O–H groups in total. The number of methoxy groups -OCH3 is 1. The van der Waals surface area contributed by atoms with E-state index in [1.165, 1.54) is 23.1 Å². The molecule has 2 aromatic heterocycles. The minimum absolute atomic E-state index is 0.194. The molecule has 8 heteroatoms. The normalized spacial score (nSPS) is 10.9. The third-order valence-corrected chi connectivity index (χ3v) is 5.14. The molecule has 0 saturated carbocycles. The highest BCUT2D eigenvalue weighted by atomic mass is 32.2. The highest BCUT2D eigenvalue weighted by Gasteiger charge is 2.13. The van der Waals surface area contributed by atoms with Gasteiger partial charge < -0.3 is 15.5 Å². The van der Waals surface area contributed by atoms with Gasteiger partial charge in [-0.25, -0.2) is 4.98 Å². The number of aromatic nitrogens is 2. The lowest BCUT2D eigenvalue weighted by Gasteiger charge is -2.04. The first-order chi connectivity index (χ1) is 11.6. The van der Waals surface area contributed by atoms with Crippen LogP contribution >= 0.6 is 23.1 Å². The van der Waals surface area contributed by atoms with E-state index in [-0.39, 0.29) is 17.9 Å². The Hall–Kier alpha value is -2.32. The van der Waals surface area contributed by atoms with Gasteiger partial charge in [-0.15, -0.1) is 11.3 Å². The maximum atomic E-state index is 12.5. The summed E-state index contributed by atoms with van der Waals surface area (Å²) in [6.07, 6.45) is 0.242. The maximum absolute atomic E-state index is 12.5. The van der Waals surface area contributed by atoms with Crippen LogP contribution in [0.3, 0.4) is 0 Å². The van der Waals surface area contributed by atoms with Gasteiger partial charge in [0.15, 0.2) is 5.16 Å². The summed E-state index contributed by atoms with van der Waals surface area (Å²) in [5.41, 5.74) is 6.66. The highest BCUT2D eigenvalue weighted by Crippen LogP contribution is 2.33. The van der Waals surface area contributed by atoms with E-state index in [2.05, 4.69) is 9.97 Å². The monoisotopic (exact) mass is 361 g/mol. The number of nitrogens with one attached hydrogen (secondary N) is 1. The molecule has 6 nitrogen and oxygen atoms in total. The second kappa shape index (κ2) is 7.06. The molecule has 1 aromatic carbocycles. The van der Waals surface area contributed by atoms with Crippen molar-refractivity contribution in [2.75, 3.05) is 12.9 Å². The fraction of sp³-hybridized carbons (Fsp3) is 0.188. The van der Waals surface area contributed by atoms with E-state index in [4.69, 9.17) is 10.5 Å². The molecule has 3 rings (SSSR count).